The lowest BCUT2D eigenvalue weighted by molar-refractivity contribution is -0.136. The van der Waals surface area contributed by atoms with Gasteiger partial charge in [-0.1, -0.05) is 27.2 Å². The van der Waals surface area contributed by atoms with Gasteiger partial charge in [0.2, 0.25) is 5.91 Å². The van der Waals surface area contributed by atoms with Crippen LogP contribution in [0.2, 0.25) is 0 Å². The first-order chi connectivity index (χ1) is 13.3. The second-order valence-electron chi connectivity index (χ2n) is 9.52. The predicted molar refractivity (Wildman–Crippen MR) is 108 cm³/mol. The fraction of sp³-hybridized carbons (Fsp3) is 0.857. The largest absolute Gasteiger partial charge is 0.355 e. The van der Waals surface area contributed by atoms with Crippen LogP contribution in [-0.2, 0) is 9.59 Å². The summed E-state index contributed by atoms with van der Waals surface area (Å²) in [4.78, 5) is 38.8. The molecular formula is C21H36N4O3. The summed E-state index contributed by atoms with van der Waals surface area (Å²) < 4.78 is 0. The zero-order chi connectivity index (χ0) is 20.4. The van der Waals surface area contributed by atoms with Crippen molar-refractivity contribution in [3.8, 4) is 0 Å². The van der Waals surface area contributed by atoms with Gasteiger partial charge in [-0.3, -0.25) is 14.5 Å². The molecule has 4 amide bonds. The quantitative estimate of drug-likeness (QED) is 0.578. The van der Waals surface area contributed by atoms with Gasteiger partial charge in [-0.2, -0.15) is 0 Å². The number of carbonyl (C=O) groups excluding carboxylic acids is 3. The highest BCUT2D eigenvalue weighted by molar-refractivity contribution is 6.09. The Hall–Kier alpha value is -1.63. The van der Waals surface area contributed by atoms with Crippen molar-refractivity contribution >= 4 is 17.8 Å². The van der Waals surface area contributed by atoms with Crippen LogP contribution in [0.15, 0.2) is 0 Å². The highest BCUT2D eigenvalue weighted by atomic mass is 16.2. The van der Waals surface area contributed by atoms with Gasteiger partial charge in [-0.15, -0.1) is 0 Å². The van der Waals surface area contributed by atoms with Crippen molar-refractivity contribution in [1.82, 2.24) is 20.9 Å². The molecule has 1 aliphatic carbocycles. The van der Waals surface area contributed by atoms with E-state index in [1.165, 1.54) is 0 Å². The molecule has 2 saturated heterocycles. The molecule has 1 atom stereocenters. The van der Waals surface area contributed by atoms with Crippen LogP contribution in [-0.4, -0.2) is 54.5 Å². The number of nitrogens with zero attached hydrogens (tertiary/aromatic N) is 1. The molecule has 7 nitrogen and oxygen atoms in total. The summed E-state index contributed by atoms with van der Waals surface area (Å²) in [6.07, 6.45) is 6.37. The molecule has 0 bridgehead atoms. The third-order valence-corrected chi connectivity index (χ3v) is 7.44. The van der Waals surface area contributed by atoms with E-state index in [9.17, 15) is 14.4 Å². The van der Waals surface area contributed by atoms with Crippen LogP contribution < -0.4 is 16.0 Å². The second-order valence-corrected chi connectivity index (χ2v) is 9.52. The summed E-state index contributed by atoms with van der Waals surface area (Å²) in [7, 11) is 0. The summed E-state index contributed by atoms with van der Waals surface area (Å²) in [5.41, 5.74) is -0.547. The highest BCUT2D eigenvalue weighted by Gasteiger charge is 2.53. The van der Waals surface area contributed by atoms with Gasteiger partial charge in [0.15, 0.2) is 0 Å². The Labute approximate surface area is 168 Å². The summed E-state index contributed by atoms with van der Waals surface area (Å²) in [6, 6.07) is -0.423. The number of urea groups is 1. The minimum Gasteiger partial charge on any atom is -0.355 e. The first kappa shape index (κ1) is 21.1. The number of rotatable bonds is 7. The zero-order valence-electron chi connectivity index (χ0n) is 17.6. The number of hydrogen-bond acceptors (Lipinski definition) is 4. The first-order valence-electron chi connectivity index (χ1n) is 10.9. The lowest BCUT2D eigenvalue weighted by Crippen LogP contribution is -2.51. The number of nitrogens with one attached hydrogen (secondary N) is 3. The standard InChI is InChI=1S/C21H36N4O3/c1-4-20(2,3)16-5-9-21(10-6-16)18(27)25(19(28)24-21)14-17(26)23-12-8-15-7-11-22-13-15/h15-16,22H,4-14H2,1-3H3,(H,23,26)(H,24,28). The number of amides is 4. The van der Waals surface area contributed by atoms with Crippen LogP contribution in [0.3, 0.4) is 0 Å². The van der Waals surface area contributed by atoms with E-state index in [0.717, 1.165) is 50.1 Å². The Kier molecular flexibility index (Phi) is 6.32. The molecule has 3 aliphatic rings. The Balaban J connectivity index is 1.50. The second kappa shape index (κ2) is 8.39. The molecular weight excluding hydrogens is 356 g/mol. The molecule has 0 aromatic heterocycles. The van der Waals surface area contributed by atoms with Crippen molar-refractivity contribution in [2.24, 2.45) is 17.3 Å². The van der Waals surface area contributed by atoms with Crippen molar-refractivity contribution in [3.05, 3.63) is 0 Å². The first-order valence-corrected chi connectivity index (χ1v) is 10.9. The zero-order valence-corrected chi connectivity index (χ0v) is 17.6. The average Bonchev–Trinajstić information content (AvgIpc) is 3.25. The molecule has 3 rings (SSSR count). The molecule has 3 fully saturated rings. The molecule has 2 aliphatic heterocycles. The number of hydrogen-bond donors (Lipinski definition) is 3. The maximum atomic E-state index is 13.0. The SMILES string of the molecule is CCC(C)(C)C1CCC2(CC1)NC(=O)N(CC(=O)NCCC1CCNC1)C2=O. The Morgan fingerprint density at radius 2 is 1.96 bits per heavy atom. The fourth-order valence-electron chi connectivity index (χ4n) is 4.92. The molecule has 158 valence electrons. The smallest absolute Gasteiger partial charge is 0.325 e. The topological polar surface area (TPSA) is 90.5 Å². The molecule has 1 saturated carbocycles. The van der Waals surface area contributed by atoms with Gasteiger partial charge in [0.25, 0.3) is 5.91 Å². The summed E-state index contributed by atoms with van der Waals surface area (Å²) >= 11 is 0. The van der Waals surface area contributed by atoms with Crippen LogP contribution in [0.4, 0.5) is 4.79 Å². The van der Waals surface area contributed by atoms with Crippen molar-refractivity contribution < 1.29 is 14.4 Å². The van der Waals surface area contributed by atoms with E-state index in [1.807, 2.05) is 0 Å². The highest BCUT2D eigenvalue weighted by Crippen LogP contribution is 2.45. The molecule has 28 heavy (non-hydrogen) atoms. The molecule has 1 unspecified atom stereocenters. The van der Waals surface area contributed by atoms with E-state index in [-0.39, 0.29) is 23.8 Å². The third kappa shape index (κ3) is 4.34. The molecule has 1 spiro atoms. The molecule has 3 N–H and O–H groups in total. The Bertz CT molecular complexity index is 605. The minimum absolute atomic E-state index is 0.181. The summed E-state index contributed by atoms with van der Waals surface area (Å²) in [5.74, 6) is 0.686. The summed E-state index contributed by atoms with van der Waals surface area (Å²) in [5, 5.41) is 9.09. The van der Waals surface area contributed by atoms with Crippen LogP contribution in [0, 0.1) is 17.3 Å². The monoisotopic (exact) mass is 392 g/mol. The molecule has 0 aromatic carbocycles. The third-order valence-electron chi connectivity index (χ3n) is 7.44. The molecule has 2 heterocycles. The number of imide groups is 1. The van der Waals surface area contributed by atoms with Crippen molar-refractivity contribution in [1.29, 1.82) is 0 Å². The van der Waals surface area contributed by atoms with E-state index in [4.69, 9.17) is 0 Å². The summed E-state index contributed by atoms with van der Waals surface area (Å²) in [6.45, 7) is 9.22. The lowest BCUT2D eigenvalue weighted by Gasteiger charge is -2.42. The number of carbonyl (C=O) groups is 3. The fourth-order valence-corrected chi connectivity index (χ4v) is 4.92. The van der Waals surface area contributed by atoms with Crippen LogP contribution in [0.5, 0.6) is 0 Å². The van der Waals surface area contributed by atoms with Crippen LogP contribution in [0.25, 0.3) is 0 Å². The lowest BCUT2D eigenvalue weighted by atomic mass is 9.65. The van der Waals surface area contributed by atoms with Gasteiger partial charge in [0.1, 0.15) is 12.1 Å². The van der Waals surface area contributed by atoms with Gasteiger partial charge < -0.3 is 16.0 Å². The van der Waals surface area contributed by atoms with Crippen LogP contribution >= 0.6 is 0 Å². The predicted octanol–water partition coefficient (Wildman–Crippen LogP) is 2.02. The van der Waals surface area contributed by atoms with Gasteiger partial charge in [0, 0.05) is 6.54 Å². The van der Waals surface area contributed by atoms with Crippen molar-refractivity contribution in [2.75, 3.05) is 26.2 Å². The molecule has 0 aromatic rings. The van der Waals surface area contributed by atoms with Crippen molar-refractivity contribution in [3.63, 3.8) is 0 Å². The van der Waals surface area contributed by atoms with E-state index in [1.54, 1.807) is 0 Å². The maximum Gasteiger partial charge on any atom is 0.325 e. The Morgan fingerprint density at radius 3 is 2.57 bits per heavy atom. The van der Waals surface area contributed by atoms with Gasteiger partial charge in [0.05, 0.1) is 0 Å². The van der Waals surface area contributed by atoms with Gasteiger partial charge >= 0.3 is 6.03 Å². The van der Waals surface area contributed by atoms with E-state index < -0.39 is 11.6 Å². The minimum atomic E-state index is -0.798. The van der Waals surface area contributed by atoms with Gasteiger partial charge in [-0.05, 0) is 68.9 Å². The van der Waals surface area contributed by atoms with Gasteiger partial charge in [-0.25, -0.2) is 4.79 Å². The van der Waals surface area contributed by atoms with E-state index in [0.29, 0.717) is 31.2 Å². The normalized spacial score (nSPS) is 30.8. The molecule has 0 radical (unpaired) electrons. The van der Waals surface area contributed by atoms with E-state index in [2.05, 4.69) is 36.7 Å². The maximum absolute atomic E-state index is 13.0. The van der Waals surface area contributed by atoms with Crippen LogP contribution in [0.1, 0.15) is 65.7 Å². The Morgan fingerprint density at radius 1 is 1.25 bits per heavy atom. The molecule has 7 heteroatoms. The van der Waals surface area contributed by atoms with Crippen molar-refractivity contribution in [2.45, 2.75) is 71.3 Å². The average molecular weight is 393 g/mol. The van der Waals surface area contributed by atoms with E-state index >= 15 is 0 Å².